The van der Waals surface area contributed by atoms with Crippen LogP contribution in [0.3, 0.4) is 0 Å². The van der Waals surface area contributed by atoms with Crippen molar-refractivity contribution in [2.75, 3.05) is 18.9 Å². The molecule has 1 heterocycles. The van der Waals surface area contributed by atoms with Gasteiger partial charge in [-0.2, -0.15) is 0 Å². The summed E-state index contributed by atoms with van der Waals surface area (Å²) in [6, 6.07) is 15.6. The SMILES string of the molecule is CCCC(CCC)C(Nc1ccc(C(=O)N(C)CCC(=O)O)cc1)c1oc2ccccc2c1C. The highest BCUT2D eigenvalue weighted by Gasteiger charge is 2.28. The lowest BCUT2D eigenvalue weighted by atomic mass is 9.87. The number of nitrogens with one attached hydrogen (secondary N) is 1. The lowest BCUT2D eigenvalue weighted by Gasteiger charge is -2.28. The number of aryl methyl sites for hydroxylation is 1. The molecule has 3 aromatic rings. The predicted molar refractivity (Wildman–Crippen MR) is 136 cm³/mol. The van der Waals surface area contributed by atoms with Gasteiger partial charge in [0, 0.05) is 35.8 Å². The lowest BCUT2D eigenvalue weighted by molar-refractivity contribution is -0.137. The van der Waals surface area contributed by atoms with Crippen molar-refractivity contribution >= 4 is 28.5 Å². The van der Waals surface area contributed by atoms with Crippen LogP contribution in [0.1, 0.15) is 73.7 Å². The zero-order chi connectivity index (χ0) is 24.7. The van der Waals surface area contributed by atoms with Crippen LogP contribution in [-0.4, -0.2) is 35.5 Å². The number of rotatable bonds is 12. The van der Waals surface area contributed by atoms with Crippen molar-refractivity contribution < 1.29 is 19.1 Å². The molecule has 6 heteroatoms. The van der Waals surface area contributed by atoms with Crippen LogP contribution in [0.15, 0.2) is 52.9 Å². The van der Waals surface area contributed by atoms with E-state index in [1.165, 1.54) is 4.90 Å². The number of benzene rings is 2. The highest BCUT2D eigenvalue weighted by molar-refractivity contribution is 5.94. The van der Waals surface area contributed by atoms with E-state index in [0.717, 1.165) is 53.7 Å². The third kappa shape index (κ3) is 5.99. The van der Waals surface area contributed by atoms with Gasteiger partial charge in [0.2, 0.25) is 0 Å². The lowest BCUT2D eigenvalue weighted by Crippen LogP contribution is -2.29. The van der Waals surface area contributed by atoms with Crippen LogP contribution < -0.4 is 5.32 Å². The number of aliphatic carboxylic acids is 1. The van der Waals surface area contributed by atoms with E-state index in [1.54, 1.807) is 19.2 Å². The van der Waals surface area contributed by atoms with Gasteiger partial charge >= 0.3 is 5.97 Å². The molecule has 1 atom stereocenters. The zero-order valence-electron chi connectivity index (χ0n) is 20.6. The Morgan fingerprint density at radius 1 is 1.03 bits per heavy atom. The maximum absolute atomic E-state index is 12.6. The molecule has 3 rings (SSSR count). The third-order valence-electron chi connectivity index (χ3n) is 6.42. The zero-order valence-corrected chi connectivity index (χ0v) is 20.6. The number of nitrogens with zero attached hydrogens (tertiary/aromatic N) is 1. The number of hydrogen-bond acceptors (Lipinski definition) is 4. The fraction of sp³-hybridized carbons (Fsp3) is 0.429. The second kappa shape index (κ2) is 11.7. The quantitative estimate of drug-likeness (QED) is 0.313. The molecule has 0 saturated heterocycles. The van der Waals surface area contributed by atoms with Crippen molar-refractivity contribution in [1.82, 2.24) is 4.90 Å². The predicted octanol–water partition coefficient (Wildman–Crippen LogP) is 6.66. The number of anilines is 1. The molecule has 0 spiro atoms. The molecule has 1 aromatic heterocycles. The Balaban J connectivity index is 1.87. The van der Waals surface area contributed by atoms with Crippen LogP contribution in [0.2, 0.25) is 0 Å². The van der Waals surface area contributed by atoms with Crippen molar-refractivity contribution in [2.24, 2.45) is 5.92 Å². The second-order valence-corrected chi connectivity index (χ2v) is 8.99. The third-order valence-corrected chi connectivity index (χ3v) is 6.42. The summed E-state index contributed by atoms with van der Waals surface area (Å²) in [6.45, 7) is 6.73. The van der Waals surface area contributed by atoms with Crippen LogP contribution in [0.4, 0.5) is 5.69 Å². The molecule has 0 aliphatic heterocycles. The van der Waals surface area contributed by atoms with Crippen LogP contribution in [0, 0.1) is 12.8 Å². The van der Waals surface area contributed by atoms with E-state index in [9.17, 15) is 9.59 Å². The summed E-state index contributed by atoms with van der Waals surface area (Å²) in [7, 11) is 1.62. The fourth-order valence-electron chi connectivity index (χ4n) is 4.58. The Morgan fingerprint density at radius 2 is 1.68 bits per heavy atom. The van der Waals surface area contributed by atoms with Crippen LogP contribution in [0.5, 0.6) is 0 Å². The first kappa shape index (κ1) is 25.3. The molecule has 2 N–H and O–H groups in total. The smallest absolute Gasteiger partial charge is 0.305 e. The number of hydrogen-bond donors (Lipinski definition) is 2. The highest BCUT2D eigenvalue weighted by atomic mass is 16.4. The number of fused-ring (bicyclic) bond motifs is 1. The largest absolute Gasteiger partial charge is 0.481 e. The maximum Gasteiger partial charge on any atom is 0.305 e. The van der Waals surface area contributed by atoms with E-state index in [2.05, 4.69) is 32.2 Å². The molecular formula is C28H36N2O4. The maximum atomic E-state index is 12.6. The van der Waals surface area contributed by atoms with Gasteiger partial charge in [0.05, 0.1) is 12.5 Å². The van der Waals surface area contributed by atoms with Crippen molar-refractivity contribution in [2.45, 2.75) is 58.9 Å². The minimum Gasteiger partial charge on any atom is -0.481 e. The molecule has 0 aliphatic rings. The molecule has 0 fully saturated rings. The minimum atomic E-state index is -0.917. The monoisotopic (exact) mass is 464 g/mol. The number of amides is 1. The number of carboxylic acid groups (broad SMARTS) is 1. The van der Waals surface area contributed by atoms with Gasteiger partial charge in [-0.25, -0.2) is 0 Å². The average Bonchev–Trinajstić information content (AvgIpc) is 3.17. The molecule has 0 aliphatic carbocycles. The standard InChI is InChI=1S/C28H36N2O4/c1-5-9-20(10-6-2)26(27-19(3)23-11-7-8-12-24(23)34-27)29-22-15-13-21(14-16-22)28(33)30(4)18-17-25(31)32/h7-8,11-16,20,26,29H,5-6,9-10,17-18H2,1-4H3,(H,31,32). The summed E-state index contributed by atoms with van der Waals surface area (Å²) in [5.74, 6) is 0.284. The van der Waals surface area contributed by atoms with Crippen LogP contribution in [0.25, 0.3) is 11.0 Å². The van der Waals surface area contributed by atoms with E-state index in [1.807, 2.05) is 30.3 Å². The van der Waals surface area contributed by atoms with Gasteiger partial charge in [0.1, 0.15) is 11.3 Å². The summed E-state index contributed by atoms with van der Waals surface area (Å²) < 4.78 is 6.38. The molecule has 6 nitrogen and oxygen atoms in total. The number of para-hydroxylation sites is 1. The van der Waals surface area contributed by atoms with Gasteiger partial charge in [0.25, 0.3) is 5.91 Å². The molecule has 0 radical (unpaired) electrons. The Morgan fingerprint density at radius 3 is 2.26 bits per heavy atom. The van der Waals surface area contributed by atoms with E-state index < -0.39 is 5.97 Å². The first-order valence-corrected chi connectivity index (χ1v) is 12.2. The summed E-state index contributed by atoms with van der Waals surface area (Å²) in [5, 5.41) is 13.7. The van der Waals surface area contributed by atoms with Crippen LogP contribution in [-0.2, 0) is 4.79 Å². The van der Waals surface area contributed by atoms with E-state index >= 15 is 0 Å². The summed E-state index contributed by atoms with van der Waals surface area (Å²) in [5.41, 5.74) is 3.52. The summed E-state index contributed by atoms with van der Waals surface area (Å²) >= 11 is 0. The Kier molecular flexibility index (Phi) is 8.74. The molecule has 182 valence electrons. The van der Waals surface area contributed by atoms with Gasteiger partial charge in [-0.3, -0.25) is 9.59 Å². The van der Waals surface area contributed by atoms with Gasteiger partial charge in [0.15, 0.2) is 0 Å². The van der Waals surface area contributed by atoms with Gasteiger partial charge in [-0.1, -0.05) is 44.9 Å². The Labute approximate surface area is 202 Å². The summed E-state index contributed by atoms with van der Waals surface area (Å²) in [4.78, 5) is 24.9. The van der Waals surface area contributed by atoms with Crippen LogP contribution >= 0.6 is 0 Å². The molecule has 1 amide bonds. The number of carboxylic acids is 1. The van der Waals surface area contributed by atoms with Crippen molar-refractivity contribution in [1.29, 1.82) is 0 Å². The Hall–Kier alpha value is -3.28. The van der Waals surface area contributed by atoms with Crippen molar-refractivity contribution in [3.63, 3.8) is 0 Å². The molecule has 1 unspecified atom stereocenters. The fourth-order valence-corrected chi connectivity index (χ4v) is 4.58. The minimum absolute atomic E-state index is 0.0205. The first-order valence-electron chi connectivity index (χ1n) is 12.2. The first-order chi connectivity index (χ1) is 16.3. The molecule has 0 saturated carbocycles. The highest BCUT2D eigenvalue weighted by Crippen LogP contribution is 2.38. The average molecular weight is 465 g/mol. The topological polar surface area (TPSA) is 82.8 Å². The molecule has 34 heavy (non-hydrogen) atoms. The van der Waals surface area contributed by atoms with E-state index in [0.29, 0.717) is 11.5 Å². The Bertz CT molecular complexity index is 1100. The summed E-state index contributed by atoms with van der Waals surface area (Å²) in [6.07, 6.45) is 4.30. The van der Waals surface area contributed by atoms with E-state index in [4.69, 9.17) is 9.52 Å². The van der Waals surface area contributed by atoms with E-state index in [-0.39, 0.29) is 24.9 Å². The van der Waals surface area contributed by atoms with Crippen molar-refractivity contribution in [3.05, 3.63) is 65.4 Å². The normalized spacial score (nSPS) is 12.1. The van der Waals surface area contributed by atoms with Gasteiger partial charge < -0.3 is 19.7 Å². The number of furan rings is 1. The number of carbonyl (C=O) groups excluding carboxylic acids is 1. The molecular weight excluding hydrogens is 428 g/mol. The molecule has 2 aromatic carbocycles. The number of carbonyl (C=O) groups is 2. The molecule has 0 bridgehead atoms. The van der Waals surface area contributed by atoms with Crippen molar-refractivity contribution in [3.8, 4) is 0 Å². The second-order valence-electron chi connectivity index (χ2n) is 8.99. The van der Waals surface area contributed by atoms with Gasteiger partial charge in [-0.15, -0.1) is 0 Å². The van der Waals surface area contributed by atoms with Gasteiger partial charge in [-0.05, 0) is 56.0 Å².